The van der Waals surface area contributed by atoms with Crippen molar-refractivity contribution in [3.8, 4) is 0 Å². The van der Waals surface area contributed by atoms with Crippen LogP contribution in [0.5, 0.6) is 0 Å². The normalized spacial score (nSPS) is 30.0. The zero-order valence-electron chi connectivity index (χ0n) is 12.3. The number of urea groups is 1. The molecule has 0 aromatic carbocycles. The van der Waals surface area contributed by atoms with Gasteiger partial charge in [0.1, 0.15) is 15.4 Å². The van der Waals surface area contributed by atoms with Crippen LogP contribution >= 0.6 is 0 Å². The van der Waals surface area contributed by atoms with Gasteiger partial charge in [-0.3, -0.25) is 9.69 Å². The topological polar surface area (TPSA) is 110 Å². The van der Waals surface area contributed by atoms with Crippen molar-refractivity contribution >= 4 is 21.8 Å². The molecule has 3 amide bonds. The second kappa shape index (κ2) is 5.92. The molecule has 0 radical (unpaired) electrons. The summed E-state index contributed by atoms with van der Waals surface area (Å²) in [7, 11) is -3.09. The SMILES string of the molecule is CS(=O)(=O)CCCN1C(=O)NC2(CCCCC2CN)C1=O. The molecule has 2 rings (SSSR count). The Balaban J connectivity index is 2.08. The molecule has 1 saturated carbocycles. The first-order valence-electron chi connectivity index (χ1n) is 7.32. The number of carbonyl (C=O) groups excluding carboxylic acids is 2. The quantitative estimate of drug-likeness (QED) is 0.686. The van der Waals surface area contributed by atoms with Crippen LogP contribution in [0.25, 0.3) is 0 Å². The number of imide groups is 1. The van der Waals surface area contributed by atoms with Crippen molar-refractivity contribution < 1.29 is 18.0 Å². The Morgan fingerprint density at radius 3 is 2.71 bits per heavy atom. The number of sulfone groups is 1. The van der Waals surface area contributed by atoms with Crippen LogP contribution in [0, 0.1) is 5.92 Å². The molecule has 21 heavy (non-hydrogen) atoms. The van der Waals surface area contributed by atoms with Gasteiger partial charge in [-0.25, -0.2) is 13.2 Å². The lowest BCUT2D eigenvalue weighted by Gasteiger charge is -2.38. The minimum atomic E-state index is -3.09. The molecule has 1 spiro atoms. The first-order chi connectivity index (χ1) is 9.80. The summed E-state index contributed by atoms with van der Waals surface area (Å²) in [5, 5.41) is 2.83. The molecule has 3 N–H and O–H groups in total. The van der Waals surface area contributed by atoms with Gasteiger partial charge in [0.05, 0.1) is 5.75 Å². The van der Waals surface area contributed by atoms with E-state index in [1.165, 1.54) is 0 Å². The maximum Gasteiger partial charge on any atom is 0.325 e. The van der Waals surface area contributed by atoms with Crippen molar-refractivity contribution in [1.82, 2.24) is 10.2 Å². The summed E-state index contributed by atoms with van der Waals surface area (Å²) in [6.07, 6.45) is 4.76. The molecule has 0 aromatic heterocycles. The molecule has 120 valence electrons. The van der Waals surface area contributed by atoms with Gasteiger partial charge in [-0.05, 0) is 25.8 Å². The molecule has 2 unspecified atom stereocenters. The molecule has 0 aromatic rings. The zero-order valence-corrected chi connectivity index (χ0v) is 13.1. The monoisotopic (exact) mass is 317 g/mol. The smallest absolute Gasteiger partial charge is 0.325 e. The second-order valence-electron chi connectivity index (χ2n) is 6.02. The lowest BCUT2D eigenvalue weighted by molar-refractivity contribution is -0.134. The molecular formula is C13H23N3O4S. The van der Waals surface area contributed by atoms with Gasteiger partial charge >= 0.3 is 6.03 Å². The molecular weight excluding hydrogens is 294 g/mol. The molecule has 2 aliphatic rings. The van der Waals surface area contributed by atoms with Gasteiger partial charge in [0.2, 0.25) is 0 Å². The summed E-state index contributed by atoms with van der Waals surface area (Å²) >= 11 is 0. The van der Waals surface area contributed by atoms with E-state index >= 15 is 0 Å². The Labute approximate surface area is 125 Å². The predicted octanol–water partition coefficient (Wildman–Crippen LogP) is -0.139. The van der Waals surface area contributed by atoms with Gasteiger partial charge in [-0.2, -0.15) is 0 Å². The zero-order chi connectivity index (χ0) is 15.7. The van der Waals surface area contributed by atoms with E-state index in [4.69, 9.17) is 5.73 Å². The van der Waals surface area contributed by atoms with Crippen molar-refractivity contribution in [2.45, 2.75) is 37.6 Å². The fourth-order valence-corrected chi connectivity index (χ4v) is 4.00. The molecule has 1 aliphatic heterocycles. The largest absolute Gasteiger partial charge is 0.330 e. The van der Waals surface area contributed by atoms with E-state index in [0.29, 0.717) is 13.0 Å². The molecule has 1 aliphatic carbocycles. The third-order valence-corrected chi connectivity index (χ3v) is 5.48. The minimum Gasteiger partial charge on any atom is -0.330 e. The number of amides is 3. The number of nitrogens with two attached hydrogens (primary N) is 1. The standard InChI is InChI=1S/C13H23N3O4S/c1-21(19,20)8-4-7-16-11(17)13(15-12(16)18)6-3-2-5-10(13)9-14/h10H,2-9,14H2,1H3,(H,15,18). The Hall–Kier alpha value is -1.15. The van der Waals surface area contributed by atoms with Crippen molar-refractivity contribution in [3.05, 3.63) is 0 Å². The summed E-state index contributed by atoms with van der Waals surface area (Å²) in [5.41, 5.74) is 4.90. The highest BCUT2D eigenvalue weighted by molar-refractivity contribution is 7.90. The van der Waals surface area contributed by atoms with Crippen LogP contribution in [0.4, 0.5) is 4.79 Å². The van der Waals surface area contributed by atoms with Crippen molar-refractivity contribution in [3.63, 3.8) is 0 Å². The molecule has 2 atom stereocenters. The third-order valence-electron chi connectivity index (χ3n) is 4.45. The summed E-state index contributed by atoms with van der Waals surface area (Å²) < 4.78 is 22.3. The van der Waals surface area contributed by atoms with Crippen molar-refractivity contribution in [1.29, 1.82) is 0 Å². The lowest BCUT2D eigenvalue weighted by Crippen LogP contribution is -2.57. The average molecular weight is 317 g/mol. The van der Waals surface area contributed by atoms with Crippen LogP contribution in [-0.4, -0.2) is 55.9 Å². The Morgan fingerprint density at radius 1 is 1.38 bits per heavy atom. The molecule has 1 heterocycles. The van der Waals surface area contributed by atoms with Crippen LogP contribution < -0.4 is 11.1 Å². The Morgan fingerprint density at radius 2 is 2.10 bits per heavy atom. The van der Waals surface area contributed by atoms with Gasteiger partial charge in [0, 0.05) is 18.7 Å². The fraction of sp³-hybridized carbons (Fsp3) is 0.846. The number of rotatable bonds is 5. The first kappa shape index (κ1) is 16.2. The first-order valence-corrected chi connectivity index (χ1v) is 9.38. The number of nitrogens with one attached hydrogen (secondary N) is 1. The van der Waals surface area contributed by atoms with Gasteiger partial charge in [0.15, 0.2) is 0 Å². The molecule has 1 saturated heterocycles. The fourth-order valence-electron chi connectivity index (χ4n) is 3.34. The van der Waals surface area contributed by atoms with Crippen molar-refractivity contribution in [2.75, 3.05) is 25.1 Å². The van der Waals surface area contributed by atoms with Crippen molar-refractivity contribution in [2.24, 2.45) is 11.7 Å². The molecule has 8 heteroatoms. The number of carbonyl (C=O) groups is 2. The number of hydrogen-bond acceptors (Lipinski definition) is 5. The maximum atomic E-state index is 12.7. The Kier molecular flexibility index (Phi) is 4.57. The third kappa shape index (κ3) is 3.21. The van der Waals surface area contributed by atoms with Crippen LogP contribution in [0.3, 0.4) is 0 Å². The summed E-state index contributed by atoms with van der Waals surface area (Å²) in [6.45, 7) is 0.500. The number of nitrogens with zero attached hydrogens (tertiary/aromatic N) is 1. The van der Waals surface area contributed by atoms with E-state index < -0.39 is 21.4 Å². The summed E-state index contributed by atoms with van der Waals surface area (Å²) in [5.74, 6) is -0.309. The Bertz CT molecular complexity index is 534. The van der Waals surface area contributed by atoms with E-state index in [-0.39, 0.29) is 30.5 Å². The highest BCUT2D eigenvalue weighted by Gasteiger charge is 2.55. The highest BCUT2D eigenvalue weighted by atomic mass is 32.2. The van der Waals surface area contributed by atoms with E-state index in [2.05, 4.69) is 5.32 Å². The van der Waals surface area contributed by atoms with Gasteiger partial charge in [0.25, 0.3) is 5.91 Å². The molecule has 0 bridgehead atoms. The van der Waals surface area contributed by atoms with E-state index in [0.717, 1.165) is 30.4 Å². The maximum absolute atomic E-state index is 12.7. The molecule has 7 nitrogen and oxygen atoms in total. The molecule has 2 fully saturated rings. The van der Waals surface area contributed by atoms with Gasteiger partial charge in [-0.15, -0.1) is 0 Å². The number of hydrogen-bond donors (Lipinski definition) is 2. The van der Waals surface area contributed by atoms with Crippen LogP contribution in [-0.2, 0) is 14.6 Å². The minimum absolute atomic E-state index is 0.0304. The second-order valence-corrected chi connectivity index (χ2v) is 8.28. The van der Waals surface area contributed by atoms with Crippen LogP contribution in [0.15, 0.2) is 0 Å². The van der Waals surface area contributed by atoms with Gasteiger partial charge < -0.3 is 11.1 Å². The van der Waals surface area contributed by atoms with E-state index in [9.17, 15) is 18.0 Å². The average Bonchev–Trinajstić information content (AvgIpc) is 2.63. The van der Waals surface area contributed by atoms with E-state index in [1.807, 2.05) is 0 Å². The predicted molar refractivity (Wildman–Crippen MR) is 78.3 cm³/mol. The lowest BCUT2D eigenvalue weighted by atomic mass is 9.72. The van der Waals surface area contributed by atoms with Crippen LogP contribution in [0.2, 0.25) is 0 Å². The van der Waals surface area contributed by atoms with E-state index in [1.54, 1.807) is 0 Å². The summed E-state index contributed by atoms with van der Waals surface area (Å²) in [6, 6.07) is -0.422. The van der Waals surface area contributed by atoms with Crippen LogP contribution in [0.1, 0.15) is 32.1 Å². The highest BCUT2D eigenvalue weighted by Crippen LogP contribution is 2.37. The summed E-state index contributed by atoms with van der Waals surface area (Å²) in [4.78, 5) is 25.9. The van der Waals surface area contributed by atoms with Gasteiger partial charge in [-0.1, -0.05) is 12.8 Å².